The minimum absolute atomic E-state index is 0. The Bertz CT molecular complexity index is 797. The molecule has 0 saturated carbocycles. The van der Waals surface area contributed by atoms with Crippen molar-refractivity contribution in [1.82, 2.24) is 4.83 Å². The summed E-state index contributed by atoms with van der Waals surface area (Å²) in [6.07, 6.45) is 0. The number of hydrogen-bond donors (Lipinski definition) is 1. The van der Waals surface area contributed by atoms with Gasteiger partial charge in [0.25, 0.3) is 5.91 Å². The maximum atomic E-state index is 12.5. The third-order valence-electron chi connectivity index (χ3n) is 2.83. The fourth-order valence-electron chi connectivity index (χ4n) is 1.78. The van der Waals surface area contributed by atoms with Gasteiger partial charge in [-0.3, -0.25) is 4.79 Å². The molecule has 24 heavy (non-hydrogen) atoms. The van der Waals surface area contributed by atoms with E-state index in [1.54, 1.807) is 4.83 Å². The summed E-state index contributed by atoms with van der Waals surface area (Å²) in [4.78, 5) is 14.1. The molecule has 0 heterocycles. The molecular weight excluding hydrogens is 367 g/mol. The van der Waals surface area contributed by atoms with Gasteiger partial charge in [-0.2, -0.15) is 0 Å². The maximum Gasteiger partial charge on any atom is 1.00 e. The minimum Gasteiger partial charge on any atom is -0.734 e. The standard InChI is InChI=1S/C14H13ClN2O5S.Na/c1-22-13-8-6-12(7-9-13)17(16-23(19,20)21)14(18)10-2-4-11(15)5-3-10;/h2-9,16H,1H3,(H,19,20,21);/q;+1/p-1. The largest absolute Gasteiger partial charge is 1.00 e. The van der Waals surface area contributed by atoms with Gasteiger partial charge in [0.05, 0.1) is 12.8 Å². The third kappa shape index (κ3) is 5.75. The molecule has 2 aromatic rings. The number of rotatable bonds is 5. The number of methoxy groups -OCH3 is 1. The van der Waals surface area contributed by atoms with Crippen LogP contribution in [0.3, 0.4) is 0 Å². The van der Waals surface area contributed by atoms with Gasteiger partial charge < -0.3 is 9.29 Å². The zero-order chi connectivity index (χ0) is 17.0. The molecule has 0 bridgehead atoms. The summed E-state index contributed by atoms with van der Waals surface area (Å²) in [5.41, 5.74) is 0.312. The summed E-state index contributed by atoms with van der Waals surface area (Å²) in [7, 11) is -3.44. The zero-order valence-corrected chi connectivity index (χ0v) is 16.5. The molecule has 0 spiro atoms. The van der Waals surface area contributed by atoms with Crippen LogP contribution in [0, 0.1) is 0 Å². The molecule has 7 nitrogen and oxygen atoms in total. The van der Waals surface area contributed by atoms with Gasteiger partial charge in [0.1, 0.15) is 5.75 Å². The summed E-state index contributed by atoms with van der Waals surface area (Å²) < 4.78 is 38.1. The van der Waals surface area contributed by atoms with Gasteiger partial charge in [0.2, 0.25) is 0 Å². The van der Waals surface area contributed by atoms with Gasteiger partial charge in [0.15, 0.2) is 10.3 Å². The number of halogens is 1. The first-order valence-corrected chi connectivity index (χ1v) is 8.06. The molecule has 0 aromatic heterocycles. The van der Waals surface area contributed by atoms with Gasteiger partial charge in [-0.1, -0.05) is 11.6 Å². The van der Waals surface area contributed by atoms with Crippen LogP contribution in [0.25, 0.3) is 0 Å². The van der Waals surface area contributed by atoms with Crippen molar-refractivity contribution in [2.45, 2.75) is 0 Å². The molecule has 0 radical (unpaired) electrons. The number of hydrogen-bond acceptors (Lipinski definition) is 5. The summed E-state index contributed by atoms with van der Waals surface area (Å²) >= 11 is 5.75. The van der Waals surface area contributed by atoms with Crippen molar-refractivity contribution < 1.29 is 52.1 Å². The Morgan fingerprint density at radius 1 is 1.12 bits per heavy atom. The fraction of sp³-hybridized carbons (Fsp3) is 0.0714. The molecular formula is C14H12ClN2NaO5S. The van der Waals surface area contributed by atoms with Crippen LogP contribution in [0.2, 0.25) is 5.02 Å². The number of ether oxygens (including phenoxy) is 1. The number of anilines is 1. The number of amides is 1. The van der Waals surface area contributed by atoms with Crippen molar-refractivity contribution in [3.8, 4) is 5.75 Å². The molecule has 0 aliphatic carbocycles. The number of nitrogens with zero attached hydrogens (tertiary/aromatic N) is 1. The smallest absolute Gasteiger partial charge is 0.734 e. The Morgan fingerprint density at radius 2 is 1.67 bits per heavy atom. The van der Waals surface area contributed by atoms with Crippen LogP contribution in [0.1, 0.15) is 10.4 Å². The van der Waals surface area contributed by atoms with Gasteiger partial charge >= 0.3 is 29.6 Å². The van der Waals surface area contributed by atoms with Gasteiger partial charge in [0, 0.05) is 10.6 Å². The molecule has 1 amide bonds. The van der Waals surface area contributed by atoms with E-state index in [0.717, 1.165) is 0 Å². The first-order valence-electron chi connectivity index (χ1n) is 6.27. The topological polar surface area (TPSA) is 98.8 Å². The van der Waals surface area contributed by atoms with E-state index in [2.05, 4.69) is 0 Å². The quantitative estimate of drug-likeness (QED) is 0.407. The van der Waals surface area contributed by atoms with Crippen LogP contribution in [-0.4, -0.2) is 26.0 Å². The molecule has 0 aliphatic heterocycles. The van der Waals surface area contributed by atoms with E-state index in [4.69, 9.17) is 16.3 Å². The predicted octanol–water partition coefficient (Wildman–Crippen LogP) is -1.04. The van der Waals surface area contributed by atoms with Crippen LogP contribution in [0.5, 0.6) is 5.75 Å². The van der Waals surface area contributed by atoms with E-state index in [1.807, 2.05) is 0 Å². The van der Waals surface area contributed by atoms with Crippen molar-refractivity contribution in [3.63, 3.8) is 0 Å². The Morgan fingerprint density at radius 3 is 2.12 bits per heavy atom. The second kappa shape index (κ2) is 8.82. The van der Waals surface area contributed by atoms with Gasteiger partial charge in [-0.25, -0.2) is 13.4 Å². The van der Waals surface area contributed by atoms with Crippen molar-refractivity contribution in [3.05, 3.63) is 59.1 Å². The van der Waals surface area contributed by atoms with Crippen LogP contribution in [0.15, 0.2) is 48.5 Å². The van der Waals surface area contributed by atoms with Crippen molar-refractivity contribution in [2.24, 2.45) is 0 Å². The SMILES string of the molecule is COc1ccc(N(NS(=O)(=O)[O-])C(=O)c2ccc(Cl)cc2)cc1.[Na+]. The van der Waals surface area contributed by atoms with E-state index in [9.17, 15) is 17.8 Å². The predicted molar refractivity (Wildman–Crippen MR) is 84.1 cm³/mol. The number of carbonyl (C=O) groups excluding carboxylic acids is 1. The van der Waals surface area contributed by atoms with Gasteiger partial charge in [-0.05, 0) is 48.5 Å². The van der Waals surface area contributed by atoms with E-state index < -0.39 is 16.2 Å². The maximum absolute atomic E-state index is 12.5. The number of carbonyl (C=O) groups is 1. The summed E-state index contributed by atoms with van der Waals surface area (Å²) in [5.74, 6) is -0.219. The molecule has 0 saturated heterocycles. The molecule has 10 heteroatoms. The monoisotopic (exact) mass is 378 g/mol. The Balaban J connectivity index is 0.00000288. The number of benzene rings is 2. The molecule has 0 unspecified atom stereocenters. The number of hydrazine groups is 1. The molecule has 2 aromatic carbocycles. The van der Waals surface area contributed by atoms with E-state index in [-0.39, 0.29) is 40.8 Å². The summed E-state index contributed by atoms with van der Waals surface area (Å²) in [6, 6.07) is 11.7. The molecule has 0 fully saturated rings. The zero-order valence-electron chi connectivity index (χ0n) is 12.9. The first kappa shape index (κ1) is 20.9. The molecule has 0 aliphatic rings. The fourth-order valence-corrected chi connectivity index (χ4v) is 2.31. The summed E-state index contributed by atoms with van der Waals surface area (Å²) in [5, 5.41) is 1.06. The van der Waals surface area contributed by atoms with Crippen LogP contribution >= 0.6 is 11.6 Å². The minimum atomic E-state index is -4.90. The average Bonchev–Trinajstić information content (AvgIpc) is 2.52. The van der Waals surface area contributed by atoms with Crippen molar-refractivity contribution in [1.29, 1.82) is 0 Å². The van der Waals surface area contributed by atoms with Crippen LogP contribution in [-0.2, 0) is 10.3 Å². The Kier molecular flexibility index (Phi) is 7.68. The summed E-state index contributed by atoms with van der Waals surface area (Å²) in [6.45, 7) is 0. The normalized spacial score (nSPS) is 10.6. The number of nitrogens with one attached hydrogen (secondary N) is 1. The molecule has 2 rings (SSSR count). The van der Waals surface area contributed by atoms with Gasteiger partial charge in [-0.15, -0.1) is 4.83 Å². The van der Waals surface area contributed by atoms with E-state index in [1.165, 1.54) is 55.6 Å². The third-order valence-corrected chi connectivity index (χ3v) is 3.49. The molecule has 122 valence electrons. The van der Waals surface area contributed by atoms with Crippen molar-refractivity contribution >= 4 is 33.5 Å². The second-order valence-electron chi connectivity index (χ2n) is 4.39. The molecule has 0 atom stereocenters. The van der Waals surface area contributed by atoms with Crippen molar-refractivity contribution in [2.75, 3.05) is 12.1 Å². The average molecular weight is 379 g/mol. The second-order valence-corrected chi connectivity index (χ2v) is 5.92. The Labute approximate surface area is 166 Å². The van der Waals surface area contributed by atoms with E-state index >= 15 is 0 Å². The Hall–Kier alpha value is -1.13. The first-order chi connectivity index (χ1) is 10.8. The molecule has 1 N–H and O–H groups in total. The van der Waals surface area contributed by atoms with Crippen LogP contribution < -0.4 is 44.1 Å². The van der Waals surface area contributed by atoms with E-state index in [0.29, 0.717) is 15.8 Å². The van der Waals surface area contributed by atoms with Crippen LogP contribution in [0.4, 0.5) is 5.69 Å².